The van der Waals surface area contributed by atoms with Crippen LogP contribution in [0.3, 0.4) is 0 Å². The second-order valence-corrected chi connectivity index (χ2v) is 6.73. The SMILES string of the molecule is O=C(NCc1cccc(C(F)(F)F)c1)C1CCCN1c1nc2ccccc2o1. The summed E-state index contributed by atoms with van der Waals surface area (Å²) in [5.41, 5.74) is 1.03. The van der Waals surface area contributed by atoms with Gasteiger partial charge in [0.2, 0.25) is 5.91 Å². The summed E-state index contributed by atoms with van der Waals surface area (Å²) in [5, 5.41) is 2.74. The van der Waals surface area contributed by atoms with Gasteiger partial charge in [0.25, 0.3) is 6.01 Å². The van der Waals surface area contributed by atoms with Gasteiger partial charge < -0.3 is 14.6 Å². The minimum Gasteiger partial charge on any atom is -0.423 e. The molecule has 5 nitrogen and oxygen atoms in total. The standard InChI is InChI=1S/C20H18F3N3O2/c21-20(22,23)14-6-3-5-13(11-14)12-24-18(27)16-8-4-10-26(16)19-25-15-7-1-2-9-17(15)28-19/h1-3,5-7,9,11,16H,4,8,10,12H2,(H,24,27). The second-order valence-electron chi connectivity index (χ2n) is 6.73. The van der Waals surface area contributed by atoms with E-state index in [0.29, 0.717) is 35.6 Å². The van der Waals surface area contributed by atoms with Gasteiger partial charge in [-0.15, -0.1) is 0 Å². The number of alkyl halides is 3. The number of halogens is 3. The highest BCUT2D eigenvalue weighted by Gasteiger charge is 2.34. The zero-order valence-corrected chi connectivity index (χ0v) is 14.9. The number of aromatic nitrogens is 1. The van der Waals surface area contributed by atoms with E-state index in [4.69, 9.17) is 4.42 Å². The van der Waals surface area contributed by atoms with Crippen LogP contribution in [0.4, 0.5) is 19.2 Å². The molecule has 2 heterocycles. The van der Waals surface area contributed by atoms with Gasteiger partial charge >= 0.3 is 6.18 Å². The number of benzene rings is 2. The van der Waals surface area contributed by atoms with Crippen molar-refractivity contribution in [3.63, 3.8) is 0 Å². The summed E-state index contributed by atoms with van der Waals surface area (Å²) < 4.78 is 44.2. The Kier molecular flexibility index (Phi) is 4.70. The van der Waals surface area contributed by atoms with Crippen LogP contribution in [0.15, 0.2) is 52.9 Å². The monoisotopic (exact) mass is 389 g/mol. The van der Waals surface area contributed by atoms with Crippen molar-refractivity contribution in [3.8, 4) is 0 Å². The molecule has 8 heteroatoms. The number of fused-ring (bicyclic) bond motifs is 1. The van der Waals surface area contributed by atoms with Crippen LogP contribution in [0, 0.1) is 0 Å². The predicted molar refractivity (Wildman–Crippen MR) is 97.7 cm³/mol. The van der Waals surface area contributed by atoms with Crippen LogP contribution in [0.5, 0.6) is 0 Å². The third kappa shape index (κ3) is 3.67. The number of carbonyl (C=O) groups is 1. The van der Waals surface area contributed by atoms with E-state index in [-0.39, 0.29) is 12.5 Å². The molecule has 4 rings (SSSR count). The number of rotatable bonds is 4. The van der Waals surface area contributed by atoms with Crippen molar-refractivity contribution in [1.82, 2.24) is 10.3 Å². The number of amides is 1. The van der Waals surface area contributed by atoms with Gasteiger partial charge in [0, 0.05) is 13.1 Å². The van der Waals surface area contributed by atoms with Crippen molar-refractivity contribution in [1.29, 1.82) is 0 Å². The fourth-order valence-corrected chi connectivity index (χ4v) is 3.42. The van der Waals surface area contributed by atoms with Gasteiger partial charge in [-0.1, -0.05) is 24.3 Å². The molecule has 0 saturated carbocycles. The van der Waals surface area contributed by atoms with E-state index in [1.165, 1.54) is 6.07 Å². The van der Waals surface area contributed by atoms with Gasteiger partial charge in [-0.3, -0.25) is 4.79 Å². The lowest BCUT2D eigenvalue weighted by molar-refractivity contribution is -0.137. The summed E-state index contributed by atoms with van der Waals surface area (Å²) in [4.78, 5) is 18.9. The van der Waals surface area contributed by atoms with Gasteiger partial charge in [0.15, 0.2) is 5.58 Å². The molecule has 28 heavy (non-hydrogen) atoms. The lowest BCUT2D eigenvalue weighted by Crippen LogP contribution is -2.43. The minimum atomic E-state index is -4.41. The molecule has 3 aromatic rings. The highest BCUT2D eigenvalue weighted by atomic mass is 19.4. The number of para-hydroxylation sites is 2. The zero-order chi connectivity index (χ0) is 19.7. The van der Waals surface area contributed by atoms with E-state index < -0.39 is 17.8 Å². The van der Waals surface area contributed by atoms with E-state index in [0.717, 1.165) is 18.6 Å². The first-order valence-electron chi connectivity index (χ1n) is 8.98. The lowest BCUT2D eigenvalue weighted by atomic mass is 10.1. The first-order valence-corrected chi connectivity index (χ1v) is 8.98. The van der Waals surface area contributed by atoms with Crippen LogP contribution in [0.2, 0.25) is 0 Å². The van der Waals surface area contributed by atoms with Gasteiger partial charge in [0.05, 0.1) is 5.56 Å². The van der Waals surface area contributed by atoms with E-state index in [1.807, 2.05) is 29.2 Å². The normalized spacial score (nSPS) is 17.2. The molecule has 1 aromatic heterocycles. The largest absolute Gasteiger partial charge is 0.423 e. The maximum atomic E-state index is 12.8. The van der Waals surface area contributed by atoms with Crippen LogP contribution in [-0.4, -0.2) is 23.5 Å². The third-order valence-corrected chi connectivity index (χ3v) is 4.80. The molecular formula is C20H18F3N3O2. The Bertz CT molecular complexity index is 967. The molecule has 0 radical (unpaired) electrons. The van der Waals surface area contributed by atoms with E-state index in [9.17, 15) is 18.0 Å². The summed E-state index contributed by atoms with van der Waals surface area (Å²) >= 11 is 0. The molecule has 1 fully saturated rings. The average Bonchev–Trinajstić information content (AvgIpc) is 3.32. The van der Waals surface area contributed by atoms with Crippen molar-refractivity contribution >= 4 is 23.0 Å². The van der Waals surface area contributed by atoms with Crippen molar-refractivity contribution < 1.29 is 22.4 Å². The second kappa shape index (κ2) is 7.18. The molecule has 1 unspecified atom stereocenters. The lowest BCUT2D eigenvalue weighted by Gasteiger charge is -2.22. The molecule has 1 aliphatic rings. The summed E-state index contributed by atoms with van der Waals surface area (Å²) in [6, 6.07) is 12.2. The van der Waals surface area contributed by atoms with E-state index in [1.54, 1.807) is 6.07 Å². The highest BCUT2D eigenvalue weighted by molar-refractivity contribution is 5.85. The maximum absolute atomic E-state index is 12.8. The summed E-state index contributed by atoms with van der Waals surface area (Å²) in [7, 11) is 0. The fraction of sp³-hybridized carbons (Fsp3) is 0.300. The number of carbonyl (C=O) groups excluding carboxylic acids is 1. The zero-order valence-electron chi connectivity index (χ0n) is 14.9. The molecule has 0 bridgehead atoms. The Morgan fingerprint density at radius 2 is 2.04 bits per heavy atom. The van der Waals surface area contributed by atoms with Gasteiger partial charge in [-0.2, -0.15) is 18.2 Å². The molecule has 0 spiro atoms. The van der Waals surface area contributed by atoms with Gasteiger partial charge in [-0.05, 0) is 42.7 Å². The molecule has 1 N–H and O–H groups in total. The fourth-order valence-electron chi connectivity index (χ4n) is 3.42. The number of nitrogens with zero attached hydrogens (tertiary/aromatic N) is 2. The first kappa shape index (κ1) is 18.3. The van der Waals surface area contributed by atoms with Crippen molar-refractivity contribution in [2.75, 3.05) is 11.4 Å². The van der Waals surface area contributed by atoms with Crippen LogP contribution in [0.1, 0.15) is 24.0 Å². The van der Waals surface area contributed by atoms with Gasteiger partial charge in [0.1, 0.15) is 11.6 Å². The highest BCUT2D eigenvalue weighted by Crippen LogP contribution is 2.30. The predicted octanol–water partition coefficient (Wildman–Crippen LogP) is 4.13. The molecule has 2 aromatic carbocycles. The van der Waals surface area contributed by atoms with E-state index >= 15 is 0 Å². The van der Waals surface area contributed by atoms with Crippen molar-refractivity contribution in [2.45, 2.75) is 31.6 Å². The van der Waals surface area contributed by atoms with Crippen LogP contribution in [-0.2, 0) is 17.5 Å². The van der Waals surface area contributed by atoms with E-state index in [2.05, 4.69) is 10.3 Å². The third-order valence-electron chi connectivity index (χ3n) is 4.80. The molecular weight excluding hydrogens is 371 g/mol. The smallest absolute Gasteiger partial charge is 0.416 e. The molecule has 1 saturated heterocycles. The van der Waals surface area contributed by atoms with Crippen molar-refractivity contribution in [2.24, 2.45) is 0 Å². The Morgan fingerprint density at radius 1 is 1.21 bits per heavy atom. The topological polar surface area (TPSA) is 58.4 Å². The number of nitrogens with one attached hydrogen (secondary N) is 1. The molecule has 0 aliphatic carbocycles. The van der Waals surface area contributed by atoms with Gasteiger partial charge in [-0.25, -0.2) is 0 Å². The Labute approximate surface area is 159 Å². The number of hydrogen-bond acceptors (Lipinski definition) is 4. The number of hydrogen-bond donors (Lipinski definition) is 1. The average molecular weight is 389 g/mol. The summed E-state index contributed by atoms with van der Waals surface area (Å²) in [5.74, 6) is -0.253. The van der Waals surface area contributed by atoms with Crippen molar-refractivity contribution in [3.05, 3.63) is 59.7 Å². The molecule has 1 atom stereocenters. The maximum Gasteiger partial charge on any atom is 0.416 e. The quantitative estimate of drug-likeness (QED) is 0.729. The molecule has 146 valence electrons. The number of anilines is 1. The molecule has 1 amide bonds. The Morgan fingerprint density at radius 3 is 2.82 bits per heavy atom. The summed E-state index contributed by atoms with van der Waals surface area (Å²) in [6.45, 7) is 0.662. The Balaban J connectivity index is 1.45. The summed E-state index contributed by atoms with van der Waals surface area (Å²) in [6.07, 6.45) is -2.97. The van der Waals surface area contributed by atoms with Crippen LogP contribution >= 0.6 is 0 Å². The van der Waals surface area contributed by atoms with Crippen LogP contribution in [0.25, 0.3) is 11.1 Å². The van der Waals surface area contributed by atoms with Crippen LogP contribution < -0.4 is 10.2 Å². The minimum absolute atomic E-state index is 0.0284. The first-order chi connectivity index (χ1) is 13.4. The number of oxazole rings is 1. The Hall–Kier alpha value is -3.03. The molecule has 1 aliphatic heterocycles.